The summed E-state index contributed by atoms with van der Waals surface area (Å²) < 4.78 is 5.22. The number of hydrogen-bond acceptors (Lipinski definition) is 3. The van der Waals surface area contributed by atoms with Gasteiger partial charge in [-0.2, -0.15) is 5.26 Å². The summed E-state index contributed by atoms with van der Waals surface area (Å²) in [4.78, 5) is 0. The van der Waals surface area contributed by atoms with E-state index in [0.29, 0.717) is 6.54 Å². The zero-order valence-corrected chi connectivity index (χ0v) is 6.89. The highest BCUT2D eigenvalue weighted by atomic mass is 16.5. The van der Waals surface area contributed by atoms with Crippen LogP contribution in [-0.2, 0) is 4.74 Å². The van der Waals surface area contributed by atoms with Gasteiger partial charge in [-0.25, -0.2) is 0 Å². The van der Waals surface area contributed by atoms with E-state index in [9.17, 15) is 0 Å². The van der Waals surface area contributed by atoms with Gasteiger partial charge in [0, 0.05) is 18.8 Å². The van der Waals surface area contributed by atoms with Crippen LogP contribution >= 0.6 is 0 Å². The van der Waals surface area contributed by atoms with E-state index in [-0.39, 0.29) is 5.54 Å². The van der Waals surface area contributed by atoms with Crippen LogP contribution in [0.1, 0.15) is 19.8 Å². The van der Waals surface area contributed by atoms with Gasteiger partial charge in [0.1, 0.15) is 0 Å². The summed E-state index contributed by atoms with van der Waals surface area (Å²) in [6, 6.07) is 2.09. The summed E-state index contributed by atoms with van der Waals surface area (Å²) in [5.41, 5.74) is 0.133. The lowest BCUT2D eigenvalue weighted by Gasteiger charge is -2.33. The molecule has 0 aromatic carbocycles. The number of nitrogens with zero attached hydrogens (tertiary/aromatic N) is 1. The molecule has 0 aromatic heterocycles. The summed E-state index contributed by atoms with van der Waals surface area (Å²) in [5.74, 6) is 0. The molecule has 1 aliphatic heterocycles. The summed E-state index contributed by atoms with van der Waals surface area (Å²) >= 11 is 0. The normalized spacial score (nSPS) is 22.5. The summed E-state index contributed by atoms with van der Waals surface area (Å²) in [6.45, 7) is 4.22. The van der Waals surface area contributed by atoms with Gasteiger partial charge in [-0.05, 0) is 19.8 Å². The molecule has 1 rings (SSSR count). The van der Waals surface area contributed by atoms with Crippen LogP contribution in [0.3, 0.4) is 0 Å². The van der Waals surface area contributed by atoms with Crippen LogP contribution < -0.4 is 5.32 Å². The van der Waals surface area contributed by atoms with Crippen molar-refractivity contribution in [1.82, 2.24) is 5.32 Å². The quantitative estimate of drug-likeness (QED) is 0.594. The molecule has 3 nitrogen and oxygen atoms in total. The maximum absolute atomic E-state index is 8.37. The fourth-order valence-electron chi connectivity index (χ4n) is 1.25. The highest BCUT2D eigenvalue weighted by Crippen LogP contribution is 2.18. The molecule has 1 saturated heterocycles. The second-order valence-corrected chi connectivity index (χ2v) is 3.18. The lowest BCUT2D eigenvalue weighted by Crippen LogP contribution is -2.46. The van der Waals surface area contributed by atoms with Crippen molar-refractivity contribution in [3.05, 3.63) is 0 Å². The number of ether oxygens (including phenoxy) is 1. The zero-order valence-electron chi connectivity index (χ0n) is 6.89. The van der Waals surface area contributed by atoms with Gasteiger partial charge >= 0.3 is 0 Å². The monoisotopic (exact) mass is 154 g/mol. The lowest BCUT2D eigenvalue weighted by atomic mass is 9.93. The van der Waals surface area contributed by atoms with Crippen LogP contribution in [0.2, 0.25) is 0 Å². The predicted octanol–water partition coefficient (Wildman–Crippen LogP) is 0.669. The van der Waals surface area contributed by atoms with Crippen LogP contribution in [0.5, 0.6) is 0 Å². The van der Waals surface area contributed by atoms with Gasteiger partial charge in [0.15, 0.2) is 0 Å². The number of rotatable bonds is 2. The highest BCUT2D eigenvalue weighted by molar-refractivity contribution is 4.89. The van der Waals surface area contributed by atoms with Crippen molar-refractivity contribution in [2.75, 3.05) is 19.8 Å². The van der Waals surface area contributed by atoms with Gasteiger partial charge in [-0.3, -0.25) is 5.32 Å². The van der Waals surface area contributed by atoms with E-state index in [0.717, 1.165) is 26.1 Å². The minimum Gasteiger partial charge on any atom is -0.381 e. The molecule has 0 bridgehead atoms. The SMILES string of the molecule is CC1(NCC#N)CCOCC1. The van der Waals surface area contributed by atoms with E-state index in [1.807, 2.05) is 0 Å². The van der Waals surface area contributed by atoms with Crippen molar-refractivity contribution >= 4 is 0 Å². The average Bonchev–Trinajstić information content (AvgIpc) is 2.03. The third-order valence-corrected chi connectivity index (χ3v) is 2.19. The van der Waals surface area contributed by atoms with Gasteiger partial charge in [0.25, 0.3) is 0 Å². The van der Waals surface area contributed by atoms with Crippen molar-refractivity contribution in [2.24, 2.45) is 0 Å². The molecule has 0 amide bonds. The molecular weight excluding hydrogens is 140 g/mol. The van der Waals surface area contributed by atoms with E-state index in [1.54, 1.807) is 0 Å². The smallest absolute Gasteiger partial charge is 0.0845 e. The van der Waals surface area contributed by atoms with E-state index in [4.69, 9.17) is 10.00 Å². The molecular formula is C8H14N2O. The van der Waals surface area contributed by atoms with Crippen LogP contribution in [-0.4, -0.2) is 25.3 Å². The second-order valence-electron chi connectivity index (χ2n) is 3.18. The predicted molar refractivity (Wildman–Crippen MR) is 42.1 cm³/mol. The second kappa shape index (κ2) is 3.70. The Morgan fingerprint density at radius 2 is 2.18 bits per heavy atom. The van der Waals surface area contributed by atoms with E-state index in [1.165, 1.54) is 0 Å². The molecule has 1 N–H and O–H groups in total. The van der Waals surface area contributed by atoms with Crippen LogP contribution in [0.4, 0.5) is 0 Å². The maximum Gasteiger partial charge on any atom is 0.0845 e. The Labute approximate surface area is 67.3 Å². The van der Waals surface area contributed by atoms with Gasteiger partial charge in [-0.15, -0.1) is 0 Å². The third-order valence-electron chi connectivity index (χ3n) is 2.19. The number of hydrogen-bond donors (Lipinski definition) is 1. The number of nitriles is 1. The first-order chi connectivity index (χ1) is 5.27. The third kappa shape index (κ3) is 2.49. The van der Waals surface area contributed by atoms with Gasteiger partial charge in [0.05, 0.1) is 12.6 Å². The molecule has 1 heterocycles. The summed E-state index contributed by atoms with van der Waals surface area (Å²) in [5, 5.41) is 11.6. The topological polar surface area (TPSA) is 45.0 Å². The first-order valence-corrected chi connectivity index (χ1v) is 3.97. The van der Waals surface area contributed by atoms with Crippen molar-refractivity contribution in [1.29, 1.82) is 5.26 Å². The largest absolute Gasteiger partial charge is 0.381 e. The van der Waals surface area contributed by atoms with Crippen molar-refractivity contribution in [2.45, 2.75) is 25.3 Å². The molecule has 62 valence electrons. The Bertz CT molecular complexity index is 156. The lowest BCUT2D eigenvalue weighted by molar-refractivity contribution is 0.0469. The minimum absolute atomic E-state index is 0.133. The van der Waals surface area contributed by atoms with Crippen LogP contribution in [0, 0.1) is 11.3 Å². The Kier molecular flexibility index (Phi) is 2.86. The molecule has 0 saturated carbocycles. The summed E-state index contributed by atoms with van der Waals surface area (Å²) in [7, 11) is 0. The Hall–Kier alpha value is -0.590. The number of nitrogens with one attached hydrogen (secondary N) is 1. The molecule has 11 heavy (non-hydrogen) atoms. The first-order valence-electron chi connectivity index (χ1n) is 3.97. The van der Waals surface area contributed by atoms with Crippen molar-refractivity contribution < 1.29 is 4.74 Å². The highest BCUT2D eigenvalue weighted by Gasteiger charge is 2.25. The first kappa shape index (κ1) is 8.51. The van der Waals surface area contributed by atoms with E-state index in [2.05, 4.69) is 18.3 Å². The molecule has 0 aliphatic carbocycles. The van der Waals surface area contributed by atoms with E-state index >= 15 is 0 Å². The molecule has 0 atom stereocenters. The fraction of sp³-hybridized carbons (Fsp3) is 0.875. The van der Waals surface area contributed by atoms with Crippen molar-refractivity contribution in [3.8, 4) is 6.07 Å². The molecule has 0 spiro atoms. The Morgan fingerprint density at radius 3 is 2.73 bits per heavy atom. The molecule has 1 aliphatic rings. The molecule has 0 unspecified atom stereocenters. The molecule has 0 aromatic rings. The zero-order chi connectivity index (χ0) is 8.16. The van der Waals surface area contributed by atoms with Crippen LogP contribution in [0.25, 0.3) is 0 Å². The Balaban J connectivity index is 2.32. The molecule has 1 fully saturated rings. The van der Waals surface area contributed by atoms with Gasteiger partial charge in [-0.1, -0.05) is 0 Å². The van der Waals surface area contributed by atoms with Gasteiger partial charge < -0.3 is 4.74 Å². The average molecular weight is 154 g/mol. The Morgan fingerprint density at radius 1 is 1.55 bits per heavy atom. The molecule has 3 heteroatoms. The van der Waals surface area contributed by atoms with E-state index < -0.39 is 0 Å². The maximum atomic E-state index is 8.37. The summed E-state index contributed by atoms with van der Waals surface area (Å²) in [6.07, 6.45) is 2.02. The fourth-order valence-corrected chi connectivity index (χ4v) is 1.25. The molecule has 0 radical (unpaired) electrons. The minimum atomic E-state index is 0.133. The van der Waals surface area contributed by atoms with Crippen molar-refractivity contribution in [3.63, 3.8) is 0 Å². The van der Waals surface area contributed by atoms with Crippen LogP contribution in [0.15, 0.2) is 0 Å². The van der Waals surface area contributed by atoms with Gasteiger partial charge in [0.2, 0.25) is 0 Å². The standard InChI is InChI=1S/C8H14N2O/c1-8(10-5-4-9)2-6-11-7-3-8/h10H,2-3,5-7H2,1H3.